The predicted molar refractivity (Wildman–Crippen MR) is 78.2 cm³/mol. The van der Waals surface area contributed by atoms with Gasteiger partial charge in [-0.15, -0.1) is 10.2 Å². The average Bonchev–Trinajstić information content (AvgIpc) is 3.04. The van der Waals surface area contributed by atoms with Crippen molar-refractivity contribution in [1.29, 1.82) is 0 Å². The second kappa shape index (κ2) is 6.50. The van der Waals surface area contributed by atoms with Crippen LogP contribution in [0.15, 0.2) is 18.2 Å². The summed E-state index contributed by atoms with van der Waals surface area (Å²) in [5.41, 5.74) is 0.927. The van der Waals surface area contributed by atoms with Gasteiger partial charge in [0, 0.05) is 36.2 Å². The van der Waals surface area contributed by atoms with Gasteiger partial charge in [0.2, 0.25) is 5.82 Å². The third-order valence-electron chi connectivity index (χ3n) is 3.60. The number of benzene rings is 1. The molecule has 0 bridgehead atoms. The highest BCUT2D eigenvalue weighted by molar-refractivity contribution is 7.99. The zero-order chi connectivity index (χ0) is 14.7. The molecule has 1 aromatic carbocycles. The number of nitrogens with zero attached hydrogens (tertiary/aromatic N) is 4. The van der Waals surface area contributed by atoms with Crippen LogP contribution < -0.4 is 0 Å². The van der Waals surface area contributed by atoms with Gasteiger partial charge in [-0.2, -0.15) is 17.0 Å². The van der Waals surface area contributed by atoms with Crippen LogP contribution in [0, 0.1) is 5.82 Å². The first-order valence-corrected chi connectivity index (χ1v) is 7.89. The number of aromatic amines is 1. The number of thioether (sulfide) groups is 1. The summed E-state index contributed by atoms with van der Waals surface area (Å²) >= 11 is 1.82. The highest BCUT2D eigenvalue weighted by atomic mass is 32.2. The maximum Gasteiger partial charge on any atom is 0.207 e. The highest BCUT2D eigenvalue weighted by Crippen LogP contribution is 2.24. The zero-order valence-corrected chi connectivity index (χ0v) is 12.2. The average molecular weight is 309 g/mol. The summed E-state index contributed by atoms with van der Waals surface area (Å²) in [5.74, 6) is 1.81. The van der Waals surface area contributed by atoms with E-state index in [4.69, 9.17) is 0 Å². The fourth-order valence-corrected chi connectivity index (χ4v) is 3.55. The predicted octanol–water partition coefficient (Wildman–Crippen LogP) is 0.915. The summed E-state index contributed by atoms with van der Waals surface area (Å²) < 4.78 is 14.6. The van der Waals surface area contributed by atoms with Crippen LogP contribution in [0.5, 0.6) is 0 Å². The number of aliphatic hydroxyl groups excluding tert-OH is 1. The Morgan fingerprint density at radius 2 is 2.38 bits per heavy atom. The molecule has 1 aromatic heterocycles. The first-order chi connectivity index (χ1) is 10.3. The molecule has 0 spiro atoms. The molecule has 1 unspecified atom stereocenters. The topological polar surface area (TPSA) is 77.9 Å². The molecular formula is C13H16FN5OS. The van der Waals surface area contributed by atoms with E-state index in [1.54, 1.807) is 18.2 Å². The molecule has 1 aliphatic rings. The van der Waals surface area contributed by atoms with Crippen LogP contribution in [0.4, 0.5) is 4.39 Å². The van der Waals surface area contributed by atoms with Gasteiger partial charge in [-0.25, -0.2) is 4.39 Å². The van der Waals surface area contributed by atoms with Gasteiger partial charge in [-0.3, -0.25) is 4.90 Å². The van der Waals surface area contributed by atoms with Crippen molar-refractivity contribution in [3.8, 4) is 11.4 Å². The number of aromatic nitrogens is 4. The van der Waals surface area contributed by atoms with Crippen molar-refractivity contribution in [2.75, 3.05) is 24.7 Å². The van der Waals surface area contributed by atoms with Gasteiger partial charge in [0.25, 0.3) is 0 Å². The molecule has 2 aromatic rings. The summed E-state index contributed by atoms with van der Waals surface area (Å²) in [7, 11) is 0. The van der Waals surface area contributed by atoms with Crippen LogP contribution in [0.2, 0.25) is 0 Å². The Kier molecular flexibility index (Phi) is 4.47. The van der Waals surface area contributed by atoms with Crippen LogP contribution in [-0.2, 0) is 6.54 Å². The third-order valence-corrected chi connectivity index (χ3v) is 4.69. The van der Waals surface area contributed by atoms with Crippen LogP contribution in [-0.4, -0.2) is 61.3 Å². The van der Waals surface area contributed by atoms with Gasteiger partial charge in [0.15, 0.2) is 0 Å². The first-order valence-electron chi connectivity index (χ1n) is 6.73. The fourth-order valence-electron chi connectivity index (χ4n) is 2.43. The van der Waals surface area contributed by atoms with Gasteiger partial charge in [-0.1, -0.05) is 12.1 Å². The van der Waals surface area contributed by atoms with E-state index in [0.717, 1.165) is 18.1 Å². The van der Waals surface area contributed by atoms with Gasteiger partial charge >= 0.3 is 0 Å². The van der Waals surface area contributed by atoms with E-state index in [9.17, 15) is 9.50 Å². The van der Waals surface area contributed by atoms with Crippen LogP contribution >= 0.6 is 11.8 Å². The summed E-state index contributed by atoms with van der Waals surface area (Å²) in [4.78, 5) is 2.12. The standard InChI is InChI=1S/C13H16FN5OS/c14-12-9(6-19-4-5-21-8-10(19)7-20)2-1-3-11(12)13-15-17-18-16-13/h1-3,10,20H,4-8H2,(H,15,16,17,18). The second-order valence-electron chi connectivity index (χ2n) is 4.90. The summed E-state index contributed by atoms with van der Waals surface area (Å²) in [5, 5.41) is 22.9. The van der Waals surface area contributed by atoms with E-state index in [2.05, 4.69) is 25.5 Å². The van der Waals surface area contributed by atoms with Gasteiger partial charge in [0.05, 0.1) is 12.2 Å². The third kappa shape index (κ3) is 3.07. The lowest BCUT2D eigenvalue weighted by molar-refractivity contribution is 0.132. The largest absolute Gasteiger partial charge is 0.395 e. The minimum absolute atomic E-state index is 0.0805. The van der Waals surface area contributed by atoms with Crippen molar-refractivity contribution >= 4 is 11.8 Å². The van der Waals surface area contributed by atoms with Gasteiger partial charge in [0.1, 0.15) is 5.82 Å². The molecule has 21 heavy (non-hydrogen) atoms. The molecule has 6 nitrogen and oxygen atoms in total. The second-order valence-corrected chi connectivity index (χ2v) is 6.05. The van der Waals surface area contributed by atoms with Crippen molar-refractivity contribution < 1.29 is 9.50 Å². The summed E-state index contributed by atoms with van der Waals surface area (Å²) in [6.45, 7) is 1.42. The number of halogens is 1. The molecule has 1 atom stereocenters. The van der Waals surface area contributed by atoms with Crippen LogP contribution in [0.3, 0.4) is 0 Å². The Bertz CT molecular complexity index is 594. The Hall–Kier alpha value is -1.51. The summed E-state index contributed by atoms with van der Waals surface area (Å²) in [6.07, 6.45) is 0. The molecule has 1 saturated heterocycles. The smallest absolute Gasteiger partial charge is 0.207 e. The van der Waals surface area contributed by atoms with E-state index >= 15 is 0 Å². The lowest BCUT2D eigenvalue weighted by Gasteiger charge is -2.34. The van der Waals surface area contributed by atoms with E-state index in [-0.39, 0.29) is 24.3 Å². The SMILES string of the molecule is OCC1CSCCN1Cc1cccc(-c2nn[nH]n2)c1F. The van der Waals surface area contributed by atoms with Crippen molar-refractivity contribution in [1.82, 2.24) is 25.5 Å². The number of rotatable bonds is 4. The molecule has 0 saturated carbocycles. The number of tetrazole rings is 1. The molecule has 8 heteroatoms. The van der Waals surface area contributed by atoms with Crippen molar-refractivity contribution in [2.45, 2.75) is 12.6 Å². The lowest BCUT2D eigenvalue weighted by Crippen LogP contribution is -2.44. The van der Waals surface area contributed by atoms with E-state index in [1.807, 2.05) is 11.8 Å². The molecule has 112 valence electrons. The highest BCUT2D eigenvalue weighted by Gasteiger charge is 2.23. The quantitative estimate of drug-likeness (QED) is 0.874. The molecule has 2 heterocycles. The molecule has 1 aliphatic heterocycles. The van der Waals surface area contributed by atoms with Gasteiger partial charge < -0.3 is 5.11 Å². The Balaban J connectivity index is 1.84. The van der Waals surface area contributed by atoms with E-state index in [1.165, 1.54) is 0 Å². The normalized spacial score (nSPS) is 19.8. The Morgan fingerprint density at radius 3 is 3.14 bits per heavy atom. The lowest BCUT2D eigenvalue weighted by atomic mass is 10.1. The molecule has 0 amide bonds. The number of hydrogen-bond donors (Lipinski definition) is 2. The molecule has 0 aliphatic carbocycles. The minimum Gasteiger partial charge on any atom is -0.395 e. The van der Waals surface area contributed by atoms with Gasteiger partial charge in [-0.05, 0) is 11.3 Å². The van der Waals surface area contributed by atoms with Crippen molar-refractivity contribution in [2.24, 2.45) is 0 Å². The van der Waals surface area contributed by atoms with E-state index in [0.29, 0.717) is 17.7 Å². The fraction of sp³-hybridized carbons (Fsp3) is 0.462. The number of H-pyrrole nitrogens is 1. The van der Waals surface area contributed by atoms with Crippen LogP contribution in [0.25, 0.3) is 11.4 Å². The Labute approximate surface area is 125 Å². The monoisotopic (exact) mass is 309 g/mol. The maximum atomic E-state index is 14.6. The summed E-state index contributed by atoms with van der Waals surface area (Å²) in [6, 6.07) is 5.27. The first kappa shape index (κ1) is 14.4. The molecule has 3 rings (SSSR count). The molecule has 1 fully saturated rings. The number of aliphatic hydroxyl groups is 1. The van der Waals surface area contributed by atoms with Crippen molar-refractivity contribution in [3.05, 3.63) is 29.6 Å². The molecule has 0 radical (unpaired) electrons. The molecular weight excluding hydrogens is 293 g/mol. The minimum atomic E-state index is -0.325. The van der Waals surface area contributed by atoms with Crippen LogP contribution in [0.1, 0.15) is 5.56 Å². The maximum absolute atomic E-state index is 14.6. The number of hydrogen-bond acceptors (Lipinski definition) is 6. The van der Waals surface area contributed by atoms with Crippen molar-refractivity contribution in [3.63, 3.8) is 0 Å². The number of nitrogens with one attached hydrogen (secondary N) is 1. The zero-order valence-electron chi connectivity index (χ0n) is 11.4. The molecule has 2 N–H and O–H groups in total. The van der Waals surface area contributed by atoms with E-state index < -0.39 is 0 Å². The Morgan fingerprint density at radius 1 is 1.48 bits per heavy atom.